The molecule has 4 amide bonds. The summed E-state index contributed by atoms with van der Waals surface area (Å²) in [5.74, 6) is -2.74. The zero-order valence-corrected chi connectivity index (χ0v) is 14.3. The normalized spacial score (nSPS) is 20.3. The zero-order chi connectivity index (χ0) is 19.7. The van der Waals surface area contributed by atoms with Crippen LogP contribution < -0.4 is 15.4 Å². The average molecular weight is 373 g/mol. The Morgan fingerprint density at radius 2 is 2.00 bits per heavy atom. The number of rotatable bonds is 5. The average Bonchev–Trinajstić information content (AvgIpc) is 2.79. The fourth-order valence-corrected chi connectivity index (χ4v) is 2.46. The molecule has 2 rings (SSSR count). The number of ether oxygens (including phenoxy) is 1. The number of urea groups is 1. The van der Waals surface area contributed by atoms with Crippen molar-refractivity contribution in [3.8, 4) is 5.75 Å². The summed E-state index contributed by atoms with van der Waals surface area (Å²) in [6.45, 7) is 3.07. The molecular weight excluding hydrogens is 355 g/mol. The van der Waals surface area contributed by atoms with E-state index in [2.05, 4.69) is 0 Å². The van der Waals surface area contributed by atoms with Gasteiger partial charge in [-0.2, -0.15) is 13.2 Å². The lowest BCUT2D eigenvalue weighted by molar-refractivity contribution is -0.200. The van der Waals surface area contributed by atoms with Gasteiger partial charge in [0.05, 0.1) is 7.11 Å². The van der Waals surface area contributed by atoms with Crippen molar-refractivity contribution < 1.29 is 32.3 Å². The van der Waals surface area contributed by atoms with E-state index in [4.69, 9.17) is 4.74 Å². The summed E-state index contributed by atoms with van der Waals surface area (Å²) in [5.41, 5.74) is -3.67. The summed E-state index contributed by atoms with van der Waals surface area (Å²) in [7, 11) is 1.33. The van der Waals surface area contributed by atoms with E-state index < -0.39 is 29.7 Å². The van der Waals surface area contributed by atoms with Gasteiger partial charge in [0.2, 0.25) is 0 Å². The molecule has 1 fully saturated rings. The molecule has 0 bridgehead atoms. The van der Waals surface area contributed by atoms with E-state index >= 15 is 0 Å². The van der Waals surface area contributed by atoms with Gasteiger partial charge < -0.3 is 10.1 Å². The number of carbonyl (C=O) groups excluding carboxylic acids is 3. The summed E-state index contributed by atoms with van der Waals surface area (Å²) in [6.07, 6.45) is -5.24. The number of halogens is 3. The Morgan fingerprint density at radius 1 is 1.35 bits per heavy atom. The Balaban J connectivity index is 2.38. The van der Waals surface area contributed by atoms with Crippen molar-refractivity contribution in [3.63, 3.8) is 0 Å². The van der Waals surface area contributed by atoms with Crippen molar-refractivity contribution in [2.45, 2.75) is 25.7 Å². The number of hydrogen-bond donors (Lipinski definition) is 2. The molecule has 1 aliphatic heterocycles. The maximum atomic E-state index is 13.7. The molecule has 7 nitrogen and oxygen atoms in total. The van der Waals surface area contributed by atoms with Gasteiger partial charge in [0.25, 0.3) is 17.5 Å². The van der Waals surface area contributed by atoms with Crippen molar-refractivity contribution in [1.82, 2.24) is 15.5 Å². The molecule has 2 N–H and O–H groups in total. The third kappa shape index (κ3) is 3.44. The zero-order valence-electron chi connectivity index (χ0n) is 14.3. The second-order valence-electron chi connectivity index (χ2n) is 6.17. The third-order valence-electron chi connectivity index (χ3n) is 3.71. The molecule has 0 saturated carbocycles. The van der Waals surface area contributed by atoms with E-state index in [1.807, 2.05) is 0 Å². The summed E-state index contributed by atoms with van der Waals surface area (Å²) in [5, 5.41) is 3.23. The van der Waals surface area contributed by atoms with E-state index in [1.165, 1.54) is 31.4 Å². The monoisotopic (exact) mass is 373 g/mol. The maximum absolute atomic E-state index is 13.7. The molecule has 10 heteroatoms. The smallest absolute Gasteiger partial charge is 0.440 e. The van der Waals surface area contributed by atoms with E-state index in [1.54, 1.807) is 24.5 Å². The first-order valence-electron chi connectivity index (χ1n) is 7.69. The van der Waals surface area contributed by atoms with Crippen molar-refractivity contribution in [3.05, 3.63) is 29.8 Å². The lowest BCUT2D eigenvalue weighted by Crippen LogP contribution is -2.69. The molecule has 1 aromatic carbocycles. The van der Waals surface area contributed by atoms with Gasteiger partial charge in [0.1, 0.15) is 5.75 Å². The van der Waals surface area contributed by atoms with Crippen LogP contribution in [0.4, 0.5) is 18.0 Å². The number of alkyl halides is 3. The molecule has 0 radical (unpaired) electrons. The van der Waals surface area contributed by atoms with Crippen LogP contribution >= 0.6 is 0 Å². The van der Waals surface area contributed by atoms with Gasteiger partial charge in [0.15, 0.2) is 0 Å². The Hall–Kier alpha value is -2.78. The molecular formula is C16H18F3N3O4. The standard InChI is InChI=1S/C16H18F3N3O4/c1-9(2)8-22-13(24)15(16(17,18)19,21-14(22)25)20-12(23)10-5-4-6-11(7-10)26-3/h4-7,9H,8H2,1-3H3,(H,20,23)(H,21,25)/t15-/m1/s1. The highest BCUT2D eigenvalue weighted by Gasteiger charge is 2.68. The van der Waals surface area contributed by atoms with Crippen molar-refractivity contribution >= 4 is 17.8 Å². The predicted molar refractivity (Wildman–Crippen MR) is 84.3 cm³/mol. The van der Waals surface area contributed by atoms with Crippen LogP contribution in [0, 0.1) is 5.92 Å². The lowest BCUT2D eigenvalue weighted by atomic mass is 10.1. The van der Waals surface area contributed by atoms with Crippen LogP contribution in [0.15, 0.2) is 24.3 Å². The summed E-state index contributed by atoms with van der Waals surface area (Å²) in [6, 6.07) is 4.17. The minimum atomic E-state index is -5.24. The van der Waals surface area contributed by atoms with Crippen molar-refractivity contribution in [2.24, 2.45) is 5.92 Å². The topological polar surface area (TPSA) is 87.7 Å². The van der Waals surface area contributed by atoms with Crippen LogP contribution in [0.3, 0.4) is 0 Å². The number of nitrogens with one attached hydrogen (secondary N) is 2. The highest BCUT2D eigenvalue weighted by atomic mass is 19.4. The first kappa shape index (κ1) is 19.5. The van der Waals surface area contributed by atoms with Crippen LogP contribution in [-0.4, -0.2) is 48.2 Å². The van der Waals surface area contributed by atoms with Crippen LogP contribution in [0.1, 0.15) is 24.2 Å². The fraction of sp³-hybridized carbons (Fsp3) is 0.438. The Bertz CT molecular complexity index is 736. The molecule has 1 saturated heterocycles. The first-order chi connectivity index (χ1) is 12.0. The Labute approximate surface area is 147 Å². The molecule has 1 aliphatic rings. The number of hydrogen-bond acceptors (Lipinski definition) is 4. The highest BCUT2D eigenvalue weighted by Crippen LogP contribution is 2.34. The van der Waals surface area contributed by atoms with Gasteiger partial charge in [-0.15, -0.1) is 0 Å². The van der Waals surface area contributed by atoms with Gasteiger partial charge in [-0.3, -0.25) is 19.8 Å². The number of nitrogens with zero attached hydrogens (tertiary/aromatic N) is 1. The third-order valence-corrected chi connectivity index (χ3v) is 3.71. The van der Waals surface area contributed by atoms with Crippen LogP contribution in [-0.2, 0) is 4.79 Å². The molecule has 1 atom stereocenters. The van der Waals surface area contributed by atoms with Gasteiger partial charge in [-0.25, -0.2) is 4.79 Å². The predicted octanol–water partition coefficient (Wildman–Crippen LogP) is 1.89. The second kappa shape index (κ2) is 6.85. The molecule has 1 heterocycles. The van der Waals surface area contributed by atoms with Gasteiger partial charge >= 0.3 is 12.2 Å². The van der Waals surface area contributed by atoms with Crippen LogP contribution in [0.5, 0.6) is 5.75 Å². The molecule has 1 aromatic rings. The largest absolute Gasteiger partial charge is 0.497 e. The van der Waals surface area contributed by atoms with E-state index in [0.717, 1.165) is 0 Å². The SMILES string of the molecule is COc1cccc(C(=O)N[C@@]2(C(F)(F)F)NC(=O)N(CC(C)C)C2=O)c1. The molecule has 0 aliphatic carbocycles. The summed E-state index contributed by atoms with van der Waals surface area (Å²) < 4.78 is 45.9. The molecule has 142 valence electrons. The number of carbonyl (C=O) groups is 3. The van der Waals surface area contributed by atoms with E-state index in [9.17, 15) is 27.6 Å². The van der Waals surface area contributed by atoms with E-state index in [0.29, 0.717) is 4.90 Å². The summed E-state index contributed by atoms with van der Waals surface area (Å²) in [4.78, 5) is 37.1. The van der Waals surface area contributed by atoms with Gasteiger partial charge in [-0.1, -0.05) is 19.9 Å². The quantitative estimate of drug-likeness (QED) is 0.772. The van der Waals surface area contributed by atoms with Crippen LogP contribution in [0.25, 0.3) is 0 Å². The molecule has 26 heavy (non-hydrogen) atoms. The van der Waals surface area contributed by atoms with Gasteiger partial charge in [0, 0.05) is 12.1 Å². The number of amides is 4. The van der Waals surface area contributed by atoms with Crippen molar-refractivity contribution in [1.29, 1.82) is 0 Å². The Kier molecular flexibility index (Phi) is 5.15. The maximum Gasteiger partial charge on any atom is 0.440 e. The number of imide groups is 1. The molecule has 0 unspecified atom stereocenters. The number of benzene rings is 1. The van der Waals surface area contributed by atoms with Crippen LogP contribution in [0.2, 0.25) is 0 Å². The first-order valence-corrected chi connectivity index (χ1v) is 7.69. The Morgan fingerprint density at radius 3 is 2.54 bits per heavy atom. The summed E-state index contributed by atoms with van der Waals surface area (Å²) >= 11 is 0. The van der Waals surface area contributed by atoms with Crippen molar-refractivity contribution in [2.75, 3.05) is 13.7 Å². The second-order valence-corrected chi connectivity index (χ2v) is 6.17. The lowest BCUT2D eigenvalue weighted by Gasteiger charge is -2.30. The van der Waals surface area contributed by atoms with E-state index in [-0.39, 0.29) is 23.8 Å². The minimum absolute atomic E-state index is 0.155. The number of methoxy groups -OCH3 is 1. The highest BCUT2D eigenvalue weighted by molar-refractivity contribution is 6.10. The molecule has 0 spiro atoms. The van der Waals surface area contributed by atoms with Gasteiger partial charge in [-0.05, 0) is 24.1 Å². The minimum Gasteiger partial charge on any atom is -0.497 e. The fourth-order valence-electron chi connectivity index (χ4n) is 2.46. The molecule has 0 aromatic heterocycles.